The highest BCUT2D eigenvalue weighted by Crippen LogP contribution is 2.22. The summed E-state index contributed by atoms with van der Waals surface area (Å²) in [7, 11) is 1.94. The molecule has 126 valence electrons. The molecule has 0 bridgehead atoms. The second kappa shape index (κ2) is 6.47. The Morgan fingerprint density at radius 2 is 1.92 bits per heavy atom. The molecule has 0 N–H and O–H groups in total. The molecule has 0 spiro atoms. The number of aromatic nitrogens is 4. The van der Waals surface area contributed by atoms with Gasteiger partial charge >= 0.3 is 0 Å². The van der Waals surface area contributed by atoms with E-state index >= 15 is 0 Å². The first-order valence-electron chi connectivity index (χ1n) is 8.03. The van der Waals surface area contributed by atoms with Gasteiger partial charge in [-0.3, -0.25) is 0 Å². The molecule has 0 radical (unpaired) electrons. The molecule has 0 unspecified atom stereocenters. The lowest BCUT2D eigenvalue weighted by molar-refractivity contribution is 0.320. The van der Waals surface area contributed by atoms with E-state index in [1.807, 2.05) is 42.5 Å². The monoisotopic (exact) mass is 325 g/mol. The highest BCUT2D eigenvalue weighted by atomic mass is 16.5. The summed E-state index contributed by atoms with van der Waals surface area (Å²) in [5.41, 5.74) is 1.09. The Kier molecular flexibility index (Phi) is 4.38. The Labute approximate surface area is 142 Å². The van der Waals surface area contributed by atoms with Crippen LogP contribution in [0.2, 0.25) is 0 Å². The molecule has 24 heavy (non-hydrogen) atoms. The lowest BCUT2D eigenvalue weighted by Crippen LogP contribution is -2.21. The second-order valence-electron chi connectivity index (χ2n) is 6.96. The summed E-state index contributed by atoms with van der Waals surface area (Å²) in [5, 5.41) is 4.08. The third-order valence-corrected chi connectivity index (χ3v) is 3.77. The number of imidazole rings is 1. The molecule has 3 rings (SSSR count). The van der Waals surface area contributed by atoms with Crippen molar-refractivity contribution in [3.05, 3.63) is 60.0 Å². The summed E-state index contributed by atoms with van der Waals surface area (Å²) < 4.78 is 7.50. The first-order valence-corrected chi connectivity index (χ1v) is 8.03. The standard InChI is InChI=1S/C18H23N5O/c1-18(2,3)16-20-17(21-24-16)22(4)13-15-19-10-11-23(15)12-14-8-6-5-7-9-14/h5-11H,12-13H2,1-4H3. The predicted molar refractivity (Wildman–Crippen MR) is 92.9 cm³/mol. The molecule has 0 amide bonds. The molecular weight excluding hydrogens is 302 g/mol. The van der Waals surface area contributed by atoms with E-state index in [0.29, 0.717) is 18.4 Å². The van der Waals surface area contributed by atoms with Crippen LogP contribution in [0.4, 0.5) is 5.95 Å². The van der Waals surface area contributed by atoms with Crippen LogP contribution in [-0.4, -0.2) is 26.7 Å². The highest BCUT2D eigenvalue weighted by Gasteiger charge is 2.23. The van der Waals surface area contributed by atoms with E-state index in [-0.39, 0.29) is 5.41 Å². The summed E-state index contributed by atoms with van der Waals surface area (Å²) in [4.78, 5) is 10.9. The van der Waals surface area contributed by atoms with E-state index in [0.717, 1.165) is 12.4 Å². The van der Waals surface area contributed by atoms with Crippen molar-refractivity contribution in [2.75, 3.05) is 11.9 Å². The van der Waals surface area contributed by atoms with Crippen LogP contribution in [0.1, 0.15) is 38.0 Å². The molecule has 0 aliphatic carbocycles. The van der Waals surface area contributed by atoms with Gasteiger partial charge in [0.05, 0.1) is 6.54 Å². The fourth-order valence-corrected chi connectivity index (χ4v) is 2.37. The summed E-state index contributed by atoms with van der Waals surface area (Å²) in [6.45, 7) is 7.57. The van der Waals surface area contributed by atoms with Crippen LogP contribution in [0.25, 0.3) is 0 Å². The smallest absolute Gasteiger partial charge is 0.266 e. The van der Waals surface area contributed by atoms with Gasteiger partial charge < -0.3 is 14.0 Å². The zero-order valence-corrected chi connectivity index (χ0v) is 14.6. The van der Waals surface area contributed by atoms with Crippen LogP contribution in [0.3, 0.4) is 0 Å². The van der Waals surface area contributed by atoms with Gasteiger partial charge in [-0.2, -0.15) is 4.98 Å². The van der Waals surface area contributed by atoms with Crippen LogP contribution >= 0.6 is 0 Å². The predicted octanol–water partition coefficient (Wildman–Crippen LogP) is 3.25. The molecule has 6 heteroatoms. The molecule has 0 saturated heterocycles. The number of benzene rings is 1. The topological polar surface area (TPSA) is 60.0 Å². The summed E-state index contributed by atoms with van der Waals surface area (Å²) in [6.07, 6.45) is 3.82. The Morgan fingerprint density at radius 1 is 1.17 bits per heavy atom. The number of anilines is 1. The lowest BCUT2D eigenvalue weighted by atomic mass is 9.97. The molecule has 6 nitrogen and oxygen atoms in total. The van der Waals surface area contributed by atoms with Crippen molar-refractivity contribution in [3.63, 3.8) is 0 Å². The molecule has 0 atom stereocenters. The van der Waals surface area contributed by atoms with Gasteiger partial charge in [-0.1, -0.05) is 51.1 Å². The normalized spacial score (nSPS) is 11.7. The maximum absolute atomic E-state index is 5.37. The maximum atomic E-state index is 5.37. The minimum absolute atomic E-state index is 0.155. The molecule has 1 aromatic carbocycles. The minimum atomic E-state index is -0.155. The first kappa shape index (κ1) is 16.2. The summed E-state index contributed by atoms with van der Waals surface area (Å²) in [6, 6.07) is 10.3. The quantitative estimate of drug-likeness (QED) is 0.720. The Morgan fingerprint density at radius 3 is 2.58 bits per heavy atom. The second-order valence-corrected chi connectivity index (χ2v) is 6.96. The first-order chi connectivity index (χ1) is 11.4. The Bertz CT molecular complexity index is 785. The summed E-state index contributed by atoms with van der Waals surface area (Å²) in [5.74, 6) is 2.18. The molecule has 2 heterocycles. The third-order valence-electron chi connectivity index (χ3n) is 3.77. The van der Waals surface area contributed by atoms with Crippen LogP contribution in [0, 0.1) is 0 Å². The van der Waals surface area contributed by atoms with Gasteiger partial charge in [0.15, 0.2) is 0 Å². The van der Waals surface area contributed by atoms with Crippen LogP contribution in [-0.2, 0) is 18.5 Å². The third kappa shape index (κ3) is 3.64. The van der Waals surface area contributed by atoms with E-state index < -0.39 is 0 Å². The van der Waals surface area contributed by atoms with Crippen molar-refractivity contribution in [2.24, 2.45) is 0 Å². The Balaban J connectivity index is 1.72. The molecule has 0 aliphatic rings. The van der Waals surface area contributed by atoms with E-state index in [2.05, 4.69) is 52.6 Å². The largest absolute Gasteiger partial charge is 0.337 e. The van der Waals surface area contributed by atoms with Crippen molar-refractivity contribution in [1.82, 2.24) is 19.7 Å². The summed E-state index contributed by atoms with van der Waals surface area (Å²) >= 11 is 0. The van der Waals surface area contributed by atoms with Crippen molar-refractivity contribution in [3.8, 4) is 0 Å². The number of nitrogens with zero attached hydrogens (tertiary/aromatic N) is 5. The zero-order valence-electron chi connectivity index (χ0n) is 14.6. The molecular formula is C18H23N5O. The zero-order chi connectivity index (χ0) is 17.2. The van der Waals surface area contributed by atoms with Crippen molar-refractivity contribution >= 4 is 5.95 Å². The number of hydrogen-bond donors (Lipinski definition) is 0. The molecule has 2 aromatic heterocycles. The van der Waals surface area contributed by atoms with Gasteiger partial charge in [0.25, 0.3) is 5.95 Å². The molecule has 0 aliphatic heterocycles. The van der Waals surface area contributed by atoms with E-state index in [4.69, 9.17) is 4.52 Å². The number of rotatable bonds is 5. The molecule has 0 fully saturated rings. The van der Waals surface area contributed by atoms with Gasteiger partial charge in [-0.15, -0.1) is 0 Å². The van der Waals surface area contributed by atoms with E-state index in [9.17, 15) is 0 Å². The SMILES string of the molecule is CN(Cc1nccn1Cc1ccccc1)c1noc(C(C)(C)C)n1. The van der Waals surface area contributed by atoms with Gasteiger partial charge in [0.2, 0.25) is 5.89 Å². The highest BCUT2D eigenvalue weighted by molar-refractivity contribution is 5.27. The van der Waals surface area contributed by atoms with Crippen LogP contribution in [0.5, 0.6) is 0 Å². The maximum Gasteiger partial charge on any atom is 0.266 e. The average molecular weight is 325 g/mol. The van der Waals surface area contributed by atoms with Crippen LogP contribution < -0.4 is 4.90 Å². The molecule has 0 saturated carbocycles. The number of hydrogen-bond acceptors (Lipinski definition) is 5. The Hall–Kier alpha value is -2.63. The van der Waals surface area contributed by atoms with Gasteiger partial charge in [0, 0.05) is 31.4 Å². The van der Waals surface area contributed by atoms with Crippen molar-refractivity contribution in [1.29, 1.82) is 0 Å². The van der Waals surface area contributed by atoms with Gasteiger partial charge in [-0.05, 0) is 10.7 Å². The van der Waals surface area contributed by atoms with Gasteiger partial charge in [0.1, 0.15) is 5.82 Å². The van der Waals surface area contributed by atoms with Crippen molar-refractivity contribution in [2.45, 2.75) is 39.3 Å². The fraction of sp³-hybridized carbons (Fsp3) is 0.389. The fourth-order valence-electron chi connectivity index (χ4n) is 2.37. The van der Waals surface area contributed by atoms with Crippen LogP contribution in [0.15, 0.2) is 47.2 Å². The van der Waals surface area contributed by atoms with Crippen molar-refractivity contribution < 1.29 is 4.52 Å². The minimum Gasteiger partial charge on any atom is -0.337 e. The van der Waals surface area contributed by atoms with E-state index in [1.54, 1.807) is 0 Å². The lowest BCUT2D eigenvalue weighted by Gasteiger charge is -2.15. The molecule has 3 aromatic rings. The van der Waals surface area contributed by atoms with E-state index in [1.165, 1.54) is 5.56 Å². The van der Waals surface area contributed by atoms with Gasteiger partial charge in [-0.25, -0.2) is 4.98 Å². The average Bonchev–Trinajstić information content (AvgIpc) is 3.18.